The molecule has 0 atom stereocenters. The van der Waals surface area contributed by atoms with Gasteiger partial charge in [0.05, 0.1) is 13.0 Å². The standard InChI is InChI=1S/C19H21NO2/c21-19(14-15-5-2-1-3-6-15)20-11-10-16-8-9-18-17(13-16)7-4-12-22-18/h1-3,5-6,8-9,13H,4,7,10-12,14H2,(H,20,21). The van der Waals surface area contributed by atoms with Crippen LogP contribution in [0.2, 0.25) is 0 Å². The van der Waals surface area contributed by atoms with Crippen LogP contribution in [0, 0.1) is 0 Å². The molecule has 3 heteroatoms. The molecule has 1 aliphatic heterocycles. The first-order chi connectivity index (χ1) is 10.8. The Morgan fingerprint density at radius 2 is 1.95 bits per heavy atom. The van der Waals surface area contributed by atoms with E-state index in [0.29, 0.717) is 13.0 Å². The summed E-state index contributed by atoms with van der Waals surface area (Å²) in [6, 6.07) is 16.2. The van der Waals surface area contributed by atoms with Gasteiger partial charge in [0, 0.05) is 6.54 Å². The number of ether oxygens (including phenoxy) is 1. The summed E-state index contributed by atoms with van der Waals surface area (Å²) in [5.74, 6) is 1.09. The highest BCUT2D eigenvalue weighted by Gasteiger charge is 2.10. The van der Waals surface area contributed by atoms with Crippen molar-refractivity contribution in [3.05, 3.63) is 65.2 Å². The number of amides is 1. The highest BCUT2D eigenvalue weighted by Crippen LogP contribution is 2.25. The number of hydrogen-bond acceptors (Lipinski definition) is 2. The summed E-state index contributed by atoms with van der Waals surface area (Å²) >= 11 is 0. The smallest absolute Gasteiger partial charge is 0.224 e. The number of carbonyl (C=O) groups is 1. The maximum absolute atomic E-state index is 11.9. The summed E-state index contributed by atoms with van der Waals surface area (Å²) in [6.45, 7) is 1.49. The zero-order valence-corrected chi connectivity index (χ0v) is 12.7. The second kappa shape index (κ2) is 7.12. The van der Waals surface area contributed by atoms with Crippen LogP contribution in [0.15, 0.2) is 48.5 Å². The van der Waals surface area contributed by atoms with E-state index in [1.54, 1.807) is 0 Å². The SMILES string of the molecule is O=C(Cc1ccccc1)NCCc1ccc2c(c1)CCCO2. The van der Waals surface area contributed by atoms with Crippen molar-refractivity contribution in [2.75, 3.05) is 13.2 Å². The van der Waals surface area contributed by atoms with Crippen LogP contribution in [0.5, 0.6) is 5.75 Å². The third kappa shape index (κ3) is 3.88. The van der Waals surface area contributed by atoms with Gasteiger partial charge in [-0.1, -0.05) is 42.5 Å². The van der Waals surface area contributed by atoms with Gasteiger partial charge in [-0.3, -0.25) is 4.79 Å². The van der Waals surface area contributed by atoms with E-state index >= 15 is 0 Å². The van der Waals surface area contributed by atoms with Gasteiger partial charge in [-0.25, -0.2) is 0 Å². The predicted octanol–water partition coefficient (Wildman–Crippen LogP) is 2.91. The minimum atomic E-state index is 0.0764. The molecule has 0 aromatic heterocycles. The summed E-state index contributed by atoms with van der Waals surface area (Å²) < 4.78 is 5.62. The van der Waals surface area contributed by atoms with E-state index in [9.17, 15) is 4.79 Å². The third-order valence-electron chi connectivity index (χ3n) is 3.92. The Morgan fingerprint density at radius 1 is 1.09 bits per heavy atom. The van der Waals surface area contributed by atoms with Crippen LogP contribution in [0.1, 0.15) is 23.1 Å². The number of aryl methyl sites for hydroxylation is 1. The van der Waals surface area contributed by atoms with Crippen molar-refractivity contribution in [1.29, 1.82) is 0 Å². The number of hydrogen-bond donors (Lipinski definition) is 1. The van der Waals surface area contributed by atoms with Crippen LogP contribution in [0.4, 0.5) is 0 Å². The fourth-order valence-corrected chi connectivity index (χ4v) is 2.76. The third-order valence-corrected chi connectivity index (χ3v) is 3.92. The number of rotatable bonds is 5. The quantitative estimate of drug-likeness (QED) is 0.921. The molecule has 0 aliphatic carbocycles. The lowest BCUT2D eigenvalue weighted by Gasteiger charge is -2.17. The molecular weight excluding hydrogens is 274 g/mol. The second-order valence-electron chi connectivity index (χ2n) is 5.66. The van der Waals surface area contributed by atoms with Gasteiger partial charge in [0.15, 0.2) is 0 Å². The molecule has 2 aromatic rings. The minimum Gasteiger partial charge on any atom is -0.493 e. The molecule has 0 saturated carbocycles. The van der Waals surface area contributed by atoms with E-state index in [1.807, 2.05) is 30.3 Å². The van der Waals surface area contributed by atoms with Crippen LogP contribution in [0.25, 0.3) is 0 Å². The molecule has 0 radical (unpaired) electrons. The van der Waals surface area contributed by atoms with Crippen LogP contribution in [0.3, 0.4) is 0 Å². The molecule has 0 spiro atoms. The molecule has 1 heterocycles. The van der Waals surface area contributed by atoms with Crippen molar-refractivity contribution in [2.45, 2.75) is 25.7 Å². The maximum Gasteiger partial charge on any atom is 0.224 e. The van der Waals surface area contributed by atoms with Gasteiger partial charge in [0.25, 0.3) is 0 Å². The molecule has 3 nitrogen and oxygen atoms in total. The Hall–Kier alpha value is -2.29. The van der Waals surface area contributed by atoms with Crippen LogP contribution in [-0.2, 0) is 24.1 Å². The molecule has 0 saturated heterocycles. The maximum atomic E-state index is 11.9. The van der Waals surface area contributed by atoms with Crippen molar-refractivity contribution in [1.82, 2.24) is 5.32 Å². The minimum absolute atomic E-state index is 0.0764. The average Bonchev–Trinajstić information content (AvgIpc) is 2.55. The molecule has 1 N–H and O–H groups in total. The van der Waals surface area contributed by atoms with E-state index in [2.05, 4.69) is 23.5 Å². The molecule has 0 unspecified atom stereocenters. The van der Waals surface area contributed by atoms with Crippen molar-refractivity contribution in [2.24, 2.45) is 0 Å². The molecule has 114 valence electrons. The van der Waals surface area contributed by atoms with Crippen molar-refractivity contribution in [3.63, 3.8) is 0 Å². The molecule has 0 fully saturated rings. The van der Waals surface area contributed by atoms with Gasteiger partial charge in [0.2, 0.25) is 5.91 Å². The van der Waals surface area contributed by atoms with E-state index in [0.717, 1.165) is 37.2 Å². The normalized spacial score (nSPS) is 13.1. The number of nitrogens with one attached hydrogen (secondary N) is 1. The van der Waals surface area contributed by atoms with Gasteiger partial charge in [-0.2, -0.15) is 0 Å². The summed E-state index contributed by atoms with van der Waals surface area (Å²) in [5, 5.41) is 2.99. The number of carbonyl (C=O) groups excluding carboxylic acids is 1. The fraction of sp³-hybridized carbons (Fsp3) is 0.316. The fourth-order valence-electron chi connectivity index (χ4n) is 2.76. The molecule has 22 heavy (non-hydrogen) atoms. The first-order valence-electron chi connectivity index (χ1n) is 7.86. The van der Waals surface area contributed by atoms with Crippen molar-refractivity contribution >= 4 is 5.91 Å². The largest absolute Gasteiger partial charge is 0.493 e. The number of benzene rings is 2. The Morgan fingerprint density at radius 3 is 2.82 bits per heavy atom. The average molecular weight is 295 g/mol. The molecular formula is C19H21NO2. The summed E-state index contributed by atoms with van der Waals surface area (Å²) in [7, 11) is 0. The van der Waals surface area contributed by atoms with E-state index in [1.165, 1.54) is 11.1 Å². The zero-order chi connectivity index (χ0) is 15.2. The Balaban J connectivity index is 1.47. The van der Waals surface area contributed by atoms with E-state index < -0.39 is 0 Å². The zero-order valence-electron chi connectivity index (χ0n) is 12.7. The highest BCUT2D eigenvalue weighted by molar-refractivity contribution is 5.78. The molecule has 2 aromatic carbocycles. The number of fused-ring (bicyclic) bond motifs is 1. The van der Waals surface area contributed by atoms with Gasteiger partial charge in [-0.05, 0) is 42.0 Å². The van der Waals surface area contributed by atoms with E-state index in [-0.39, 0.29) is 5.91 Å². The van der Waals surface area contributed by atoms with Crippen LogP contribution in [-0.4, -0.2) is 19.1 Å². The van der Waals surface area contributed by atoms with Gasteiger partial charge >= 0.3 is 0 Å². The first kappa shape index (κ1) is 14.6. The molecule has 1 aliphatic rings. The van der Waals surface area contributed by atoms with Crippen molar-refractivity contribution < 1.29 is 9.53 Å². The predicted molar refractivity (Wildman–Crippen MR) is 87.1 cm³/mol. The Bertz CT molecular complexity index is 637. The lowest BCUT2D eigenvalue weighted by Crippen LogP contribution is -2.27. The second-order valence-corrected chi connectivity index (χ2v) is 5.66. The molecule has 3 rings (SSSR count). The molecule has 0 bridgehead atoms. The Labute approximate surface area is 131 Å². The van der Waals surface area contributed by atoms with Crippen LogP contribution >= 0.6 is 0 Å². The monoisotopic (exact) mass is 295 g/mol. The lowest BCUT2D eigenvalue weighted by molar-refractivity contribution is -0.120. The highest BCUT2D eigenvalue weighted by atomic mass is 16.5. The summed E-state index contributed by atoms with van der Waals surface area (Å²) in [5.41, 5.74) is 3.59. The van der Waals surface area contributed by atoms with E-state index in [4.69, 9.17) is 4.74 Å². The van der Waals surface area contributed by atoms with Gasteiger partial charge in [0.1, 0.15) is 5.75 Å². The first-order valence-corrected chi connectivity index (χ1v) is 7.86. The lowest BCUT2D eigenvalue weighted by atomic mass is 10.0. The Kier molecular flexibility index (Phi) is 4.74. The van der Waals surface area contributed by atoms with Crippen molar-refractivity contribution in [3.8, 4) is 5.75 Å². The summed E-state index contributed by atoms with van der Waals surface area (Å²) in [6.07, 6.45) is 3.47. The summed E-state index contributed by atoms with van der Waals surface area (Å²) in [4.78, 5) is 11.9. The van der Waals surface area contributed by atoms with Gasteiger partial charge < -0.3 is 10.1 Å². The van der Waals surface area contributed by atoms with Crippen LogP contribution < -0.4 is 10.1 Å². The van der Waals surface area contributed by atoms with Gasteiger partial charge in [-0.15, -0.1) is 0 Å². The molecule has 1 amide bonds. The topological polar surface area (TPSA) is 38.3 Å².